The third-order valence-electron chi connectivity index (χ3n) is 4.92. The van der Waals surface area contributed by atoms with Crippen LogP contribution < -0.4 is 14.9 Å². The van der Waals surface area contributed by atoms with Gasteiger partial charge in [-0.05, 0) is 76.8 Å². The van der Waals surface area contributed by atoms with Crippen molar-refractivity contribution in [3.05, 3.63) is 97.7 Å². The van der Waals surface area contributed by atoms with Crippen LogP contribution >= 0.6 is 46.6 Å². The minimum atomic E-state index is -0.435. The standard InChI is InChI=1S/C25H18FIN2O4S2/c1-32-20-12-15(11-19(27)22(20)33-14-17-9-5-6-10-18(17)26)13-21-24(31)29(25(34)35-21)28-23(30)16-7-3-2-4-8-16/h2-13H,14H2,1H3,(H,28,30). The van der Waals surface area contributed by atoms with Gasteiger partial charge in [-0.3, -0.25) is 15.0 Å². The Hall–Kier alpha value is -2.96. The second kappa shape index (κ2) is 11.2. The molecule has 178 valence electrons. The van der Waals surface area contributed by atoms with E-state index in [0.29, 0.717) is 33.1 Å². The largest absolute Gasteiger partial charge is 0.493 e. The van der Waals surface area contributed by atoms with E-state index in [0.717, 1.165) is 20.3 Å². The topological polar surface area (TPSA) is 67.9 Å². The highest BCUT2D eigenvalue weighted by atomic mass is 127. The predicted octanol–water partition coefficient (Wildman–Crippen LogP) is 5.56. The zero-order chi connectivity index (χ0) is 24.9. The number of benzene rings is 3. The van der Waals surface area contributed by atoms with Gasteiger partial charge in [-0.1, -0.05) is 48.2 Å². The minimum Gasteiger partial charge on any atom is -0.493 e. The fourth-order valence-electron chi connectivity index (χ4n) is 3.20. The first kappa shape index (κ1) is 25.1. The number of rotatable bonds is 7. The molecule has 0 radical (unpaired) electrons. The summed E-state index contributed by atoms with van der Waals surface area (Å²) in [5.74, 6) is -0.308. The minimum absolute atomic E-state index is 0.0398. The Labute approximate surface area is 224 Å². The van der Waals surface area contributed by atoms with E-state index in [9.17, 15) is 14.0 Å². The third-order valence-corrected chi connectivity index (χ3v) is 7.03. The number of nitrogens with one attached hydrogen (secondary N) is 1. The highest BCUT2D eigenvalue weighted by Crippen LogP contribution is 2.37. The summed E-state index contributed by atoms with van der Waals surface area (Å²) < 4.78 is 26.2. The molecule has 0 atom stereocenters. The van der Waals surface area contributed by atoms with E-state index in [-0.39, 0.29) is 16.7 Å². The molecule has 0 unspecified atom stereocenters. The summed E-state index contributed by atoms with van der Waals surface area (Å²) in [6, 6.07) is 18.5. The number of halogens is 2. The summed E-state index contributed by atoms with van der Waals surface area (Å²) >= 11 is 8.48. The van der Waals surface area contributed by atoms with E-state index < -0.39 is 11.8 Å². The highest BCUT2D eigenvalue weighted by molar-refractivity contribution is 14.1. The van der Waals surface area contributed by atoms with Crippen LogP contribution in [0.4, 0.5) is 4.39 Å². The lowest BCUT2D eigenvalue weighted by atomic mass is 10.1. The molecule has 0 bridgehead atoms. The molecule has 0 aromatic heterocycles. The zero-order valence-electron chi connectivity index (χ0n) is 18.3. The van der Waals surface area contributed by atoms with Crippen LogP contribution in [-0.2, 0) is 11.4 Å². The molecule has 10 heteroatoms. The maximum Gasteiger partial charge on any atom is 0.285 e. The van der Waals surface area contributed by atoms with E-state index in [2.05, 4.69) is 28.0 Å². The first-order valence-electron chi connectivity index (χ1n) is 10.2. The zero-order valence-corrected chi connectivity index (χ0v) is 22.1. The average Bonchev–Trinajstić information content (AvgIpc) is 3.11. The van der Waals surface area contributed by atoms with Crippen molar-refractivity contribution in [2.75, 3.05) is 7.11 Å². The van der Waals surface area contributed by atoms with Crippen LogP contribution in [0.15, 0.2) is 71.6 Å². The Kier molecular flexibility index (Phi) is 8.04. The van der Waals surface area contributed by atoms with Crippen molar-refractivity contribution < 1.29 is 23.5 Å². The van der Waals surface area contributed by atoms with Gasteiger partial charge >= 0.3 is 0 Å². The van der Waals surface area contributed by atoms with Gasteiger partial charge < -0.3 is 9.47 Å². The summed E-state index contributed by atoms with van der Waals surface area (Å²) in [5.41, 5.74) is 4.07. The number of carbonyl (C=O) groups excluding carboxylic acids is 2. The number of amides is 2. The monoisotopic (exact) mass is 620 g/mol. The quantitative estimate of drug-likeness (QED) is 0.212. The molecular weight excluding hydrogens is 602 g/mol. The highest BCUT2D eigenvalue weighted by Gasteiger charge is 2.34. The molecule has 6 nitrogen and oxygen atoms in total. The molecule has 4 rings (SSSR count). The van der Waals surface area contributed by atoms with Gasteiger partial charge in [-0.15, -0.1) is 0 Å². The molecule has 1 heterocycles. The SMILES string of the molecule is COc1cc(C=C2SC(=S)N(NC(=O)c3ccccc3)C2=O)cc(I)c1OCc1ccccc1F. The molecule has 1 fully saturated rings. The molecule has 1 aliphatic heterocycles. The number of nitrogens with zero attached hydrogens (tertiary/aromatic N) is 1. The van der Waals surface area contributed by atoms with E-state index in [4.69, 9.17) is 21.7 Å². The molecule has 3 aromatic rings. The van der Waals surface area contributed by atoms with Crippen molar-refractivity contribution in [3.8, 4) is 11.5 Å². The molecular formula is C25H18FIN2O4S2. The van der Waals surface area contributed by atoms with Gasteiger partial charge in [0.1, 0.15) is 12.4 Å². The van der Waals surface area contributed by atoms with Crippen molar-refractivity contribution in [2.24, 2.45) is 0 Å². The van der Waals surface area contributed by atoms with Gasteiger partial charge in [0.15, 0.2) is 15.8 Å². The number of hydrogen-bond donors (Lipinski definition) is 1. The molecule has 1 aliphatic rings. The van der Waals surface area contributed by atoms with Crippen LogP contribution in [0.5, 0.6) is 11.5 Å². The van der Waals surface area contributed by atoms with Crippen LogP contribution in [0, 0.1) is 9.39 Å². The lowest BCUT2D eigenvalue weighted by Gasteiger charge is -2.15. The van der Waals surface area contributed by atoms with Crippen LogP contribution in [0.1, 0.15) is 21.5 Å². The third kappa shape index (κ3) is 5.82. The number of ether oxygens (including phenoxy) is 2. The number of carbonyl (C=O) groups is 2. The molecule has 0 aliphatic carbocycles. The van der Waals surface area contributed by atoms with Gasteiger partial charge in [0.25, 0.3) is 11.8 Å². The lowest BCUT2D eigenvalue weighted by molar-refractivity contribution is -0.123. The summed E-state index contributed by atoms with van der Waals surface area (Å²) in [4.78, 5) is 25.7. The van der Waals surface area contributed by atoms with E-state index in [1.54, 1.807) is 60.7 Å². The van der Waals surface area contributed by atoms with E-state index in [1.807, 2.05) is 6.07 Å². The van der Waals surface area contributed by atoms with Gasteiger partial charge in [0.2, 0.25) is 0 Å². The van der Waals surface area contributed by atoms with Crippen LogP contribution in [-0.4, -0.2) is 28.3 Å². The Bertz CT molecular complexity index is 1330. The maximum absolute atomic E-state index is 13.9. The smallest absolute Gasteiger partial charge is 0.285 e. The number of methoxy groups -OCH3 is 1. The average molecular weight is 620 g/mol. The van der Waals surface area contributed by atoms with Crippen LogP contribution in [0.2, 0.25) is 0 Å². The first-order valence-corrected chi connectivity index (χ1v) is 12.6. The molecule has 0 spiro atoms. The molecule has 2 amide bonds. The molecule has 1 N–H and O–H groups in total. The fourth-order valence-corrected chi connectivity index (χ4v) is 5.16. The van der Waals surface area contributed by atoms with Crippen molar-refractivity contribution >= 4 is 68.8 Å². The lowest BCUT2D eigenvalue weighted by Crippen LogP contribution is -2.44. The van der Waals surface area contributed by atoms with E-state index >= 15 is 0 Å². The summed E-state index contributed by atoms with van der Waals surface area (Å²) in [6.45, 7) is 0.0398. The van der Waals surface area contributed by atoms with Gasteiger partial charge in [0, 0.05) is 11.1 Å². The number of thiocarbonyl (C=S) groups is 1. The Balaban J connectivity index is 1.52. The Morgan fingerprint density at radius 2 is 1.89 bits per heavy atom. The van der Waals surface area contributed by atoms with E-state index in [1.165, 1.54) is 13.2 Å². The summed E-state index contributed by atoms with van der Waals surface area (Å²) in [7, 11) is 1.50. The Morgan fingerprint density at radius 1 is 1.17 bits per heavy atom. The summed E-state index contributed by atoms with van der Waals surface area (Å²) in [6.07, 6.45) is 1.67. The molecule has 35 heavy (non-hydrogen) atoms. The Morgan fingerprint density at radius 3 is 2.60 bits per heavy atom. The van der Waals surface area contributed by atoms with Crippen molar-refractivity contribution in [3.63, 3.8) is 0 Å². The van der Waals surface area contributed by atoms with Gasteiger partial charge in [-0.2, -0.15) is 5.01 Å². The van der Waals surface area contributed by atoms with Crippen LogP contribution in [0.3, 0.4) is 0 Å². The number of thioether (sulfide) groups is 1. The number of hydrogen-bond acceptors (Lipinski definition) is 6. The van der Waals surface area contributed by atoms with Crippen LogP contribution in [0.25, 0.3) is 6.08 Å². The summed E-state index contributed by atoms with van der Waals surface area (Å²) in [5, 5.41) is 1.06. The fraction of sp³-hybridized carbons (Fsp3) is 0.0800. The van der Waals surface area contributed by atoms with Crippen molar-refractivity contribution in [1.29, 1.82) is 0 Å². The molecule has 0 saturated carbocycles. The van der Waals surface area contributed by atoms with Gasteiger partial charge in [0.05, 0.1) is 15.6 Å². The normalized spacial score (nSPS) is 14.4. The van der Waals surface area contributed by atoms with Crippen molar-refractivity contribution in [1.82, 2.24) is 10.4 Å². The first-order chi connectivity index (χ1) is 16.9. The molecule has 1 saturated heterocycles. The predicted molar refractivity (Wildman–Crippen MR) is 145 cm³/mol. The number of hydrazine groups is 1. The second-order valence-electron chi connectivity index (χ2n) is 7.24. The molecule has 3 aromatic carbocycles. The van der Waals surface area contributed by atoms with Gasteiger partial charge in [-0.25, -0.2) is 4.39 Å². The maximum atomic E-state index is 13.9. The van der Waals surface area contributed by atoms with Crippen molar-refractivity contribution in [2.45, 2.75) is 6.61 Å². The second-order valence-corrected chi connectivity index (χ2v) is 10.1.